The number of hydrogen-bond acceptors (Lipinski definition) is 8. The van der Waals surface area contributed by atoms with E-state index in [1.54, 1.807) is 17.5 Å². The van der Waals surface area contributed by atoms with Gasteiger partial charge >= 0.3 is 0 Å². The molecule has 6 rings (SSSR count). The molecule has 1 aliphatic heterocycles. The fourth-order valence-corrected chi connectivity index (χ4v) is 6.01. The smallest absolute Gasteiger partial charge is 0.254 e. The van der Waals surface area contributed by atoms with E-state index in [1.165, 1.54) is 0 Å². The number of nitrogens with zero attached hydrogens (tertiary/aromatic N) is 5. The van der Waals surface area contributed by atoms with Crippen LogP contribution in [0.15, 0.2) is 70.6 Å². The quantitative estimate of drug-likeness (QED) is 0.288. The van der Waals surface area contributed by atoms with Gasteiger partial charge in [0.2, 0.25) is 11.8 Å². The summed E-state index contributed by atoms with van der Waals surface area (Å²) in [6.45, 7) is 4.53. The lowest BCUT2D eigenvalue weighted by atomic mass is 9.94. The van der Waals surface area contributed by atoms with Crippen molar-refractivity contribution in [2.75, 3.05) is 6.54 Å². The molecule has 4 heterocycles. The van der Waals surface area contributed by atoms with Crippen LogP contribution in [0.5, 0.6) is 0 Å². The fourth-order valence-electron chi connectivity index (χ4n) is 5.07. The fraction of sp³-hybridized carbons (Fsp3) is 0.276. The van der Waals surface area contributed by atoms with Crippen LogP contribution in [0.25, 0.3) is 22.7 Å². The maximum Gasteiger partial charge on any atom is 0.254 e. The van der Waals surface area contributed by atoms with Crippen molar-refractivity contribution >= 4 is 17.2 Å². The number of benzene rings is 2. The molecule has 39 heavy (non-hydrogen) atoms. The van der Waals surface area contributed by atoms with Crippen molar-refractivity contribution in [3.8, 4) is 22.7 Å². The molecule has 3 aromatic heterocycles. The van der Waals surface area contributed by atoms with Crippen LogP contribution in [0.3, 0.4) is 0 Å². The van der Waals surface area contributed by atoms with Gasteiger partial charge in [0.25, 0.3) is 5.91 Å². The van der Waals surface area contributed by atoms with Gasteiger partial charge < -0.3 is 15.1 Å². The first-order valence-corrected chi connectivity index (χ1v) is 13.8. The molecule has 1 aliphatic rings. The maximum absolute atomic E-state index is 13.9. The van der Waals surface area contributed by atoms with Crippen molar-refractivity contribution < 1.29 is 9.21 Å². The average molecular weight is 540 g/mol. The normalized spacial score (nSPS) is 16.9. The van der Waals surface area contributed by atoms with E-state index in [9.17, 15) is 4.79 Å². The number of nitrogens with one attached hydrogen (secondary N) is 1. The Morgan fingerprint density at radius 3 is 2.74 bits per heavy atom. The molecule has 0 aliphatic carbocycles. The standard InChI is InChI=1S/C29H29N7O2S/c1-18-17-39-26(32-18)24-9-6-12-36(24)27(37)22-14-20(23-10-11-31-33-23)13-21(15-22)25-34-35-28(38-25)29(2,30)16-19-7-4-3-5-8-19/h3-5,7-8,10-11,13-15,17,24H,6,9,12,16,30H2,1-2H3,(H,31,33)/t24-,29-/m1/s1. The first-order valence-electron chi connectivity index (χ1n) is 12.9. The lowest BCUT2D eigenvalue weighted by Gasteiger charge is -2.23. The minimum absolute atomic E-state index is 0.0281. The Morgan fingerprint density at radius 2 is 2.00 bits per heavy atom. The topological polar surface area (TPSA) is 127 Å². The number of aromatic amines is 1. The maximum atomic E-state index is 13.9. The Labute approximate surface area is 230 Å². The van der Waals surface area contributed by atoms with Gasteiger partial charge in [-0.2, -0.15) is 5.10 Å². The summed E-state index contributed by atoms with van der Waals surface area (Å²) in [5.74, 6) is 0.573. The van der Waals surface area contributed by atoms with Crippen LogP contribution in [-0.2, 0) is 12.0 Å². The molecule has 10 heteroatoms. The minimum atomic E-state index is -0.861. The number of hydrogen-bond donors (Lipinski definition) is 2. The zero-order chi connectivity index (χ0) is 27.0. The molecule has 0 radical (unpaired) electrons. The van der Waals surface area contributed by atoms with Crippen LogP contribution in [0, 0.1) is 6.92 Å². The highest BCUT2D eigenvalue weighted by Gasteiger charge is 2.33. The van der Waals surface area contributed by atoms with Gasteiger partial charge in [0.1, 0.15) is 5.01 Å². The second-order valence-electron chi connectivity index (χ2n) is 10.2. The number of thiazole rings is 1. The SMILES string of the molecule is Cc1csc([C@H]2CCCN2C(=O)c2cc(-c3cc[nH]n3)cc(-c3nnc([C@](C)(N)Cc4ccccc4)o3)c2)n1. The number of H-pyrrole nitrogens is 1. The van der Waals surface area contributed by atoms with Crippen molar-refractivity contribution in [3.63, 3.8) is 0 Å². The third kappa shape index (κ3) is 5.13. The van der Waals surface area contributed by atoms with Crippen LogP contribution >= 0.6 is 11.3 Å². The summed E-state index contributed by atoms with van der Waals surface area (Å²) >= 11 is 1.61. The van der Waals surface area contributed by atoms with Crippen LogP contribution in [-0.4, -0.2) is 42.7 Å². The van der Waals surface area contributed by atoms with E-state index in [-0.39, 0.29) is 11.9 Å². The number of amides is 1. The Balaban J connectivity index is 1.35. The molecule has 3 N–H and O–H groups in total. The number of nitrogens with two attached hydrogens (primary N) is 1. The number of aromatic nitrogens is 5. The highest BCUT2D eigenvalue weighted by molar-refractivity contribution is 7.09. The van der Waals surface area contributed by atoms with Gasteiger partial charge in [-0.25, -0.2) is 4.98 Å². The van der Waals surface area contributed by atoms with E-state index in [0.29, 0.717) is 41.6 Å². The molecule has 1 fully saturated rings. The molecular formula is C29H29N7O2S. The third-order valence-corrected chi connectivity index (χ3v) is 8.05. The van der Waals surface area contributed by atoms with Gasteiger partial charge in [-0.05, 0) is 62.9 Å². The molecule has 2 atom stereocenters. The van der Waals surface area contributed by atoms with Crippen molar-refractivity contribution in [3.05, 3.63) is 93.9 Å². The van der Waals surface area contributed by atoms with E-state index < -0.39 is 5.54 Å². The van der Waals surface area contributed by atoms with Crippen molar-refractivity contribution in [1.29, 1.82) is 0 Å². The van der Waals surface area contributed by atoms with Gasteiger partial charge in [0.15, 0.2) is 0 Å². The molecule has 9 nitrogen and oxygen atoms in total. The van der Waals surface area contributed by atoms with E-state index in [4.69, 9.17) is 10.2 Å². The second-order valence-corrected chi connectivity index (χ2v) is 11.1. The third-order valence-electron chi connectivity index (χ3n) is 6.99. The minimum Gasteiger partial charge on any atom is -0.419 e. The zero-order valence-electron chi connectivity index (χ0n) is 21.8. The number of rotatable bonds is 7. The largest absolute Gasteiger partial charge is 0.419 e. The number of carbonyl (C=O) groups excluding carboxylic acids is 1. The summed E-state index contributed by atoms with van der Waals surface area (Å²) in [6, 6.07) is 17.4. The highest BCUT2D eigenvalue weighted by atomic mass is 32.1. The summed E-state index contributed by atoms with van der Waals surface area (Å²) in [4.78, 5) is 20.5. The van der Waals surface area contributed by atoms with Gasteiger partial charge in [-0.3, -0.25) is 9.89 Å². The van der Waals surface area contributed by atoms with Gasteiger partial charge in [0.05, 0.1) is 17.3 Å². The van der Waals surface area contributed by atoms with Crippen molar-refractivity contribution in [2.45, 2.75) is 44.7 Å². The van der Waals surface area contributed by atoms with E-state index >= 15 is 0 Å². The Morgan fingerprint density at radius 1 is 1.18 bits per heavy atom. The lowest BCUT2D eigenvalue weighted by Crippen LogP contribution is -2.35. The first-order chi connectivity index (χ1) is 18.9. The van der Waals surface area contributed by atoms with Crippen molar-refractivity contribution in [2.24, 2.45) is 5.73 Å². The van der Waals surface area contributed by atoms with Gasteiger partial charge in [-0.15, -0.1) is 21.5 Å². The summed E-state index contributed by atoms with van der Waals surface area (Å²) < 4.78 is 6.12. The molecule has 2 aromatic carbocycles. The van der Waals surface area contributed by atoms with Crippen LogP contribution < -0.4 is 5.73 Å². The lowest BCUT2D eigenvalue weighted by molar-refractivity contribution is 0.0735. The van der Waals surface area contributed by atoms with Crippen LogP contribution in [0.1, 0.15) is 58.3 Å². The molecule has 0 saturated carbocycles. The Kier molecular flexibility index (Phi) is 6.58. The van der Waals surface area contributed by atoms with Crippen molar-refractivity contribution in [1.82, 2.24) is 30.3 Å². The van der Waals surface area contributed by atoms with Crippen LogP contribution in [0.4, 0.5) is 0 Å². The average Bonchev–Trinajstić information content (AvgIpc) is 3.74. The second kappa shape index (κ2) is 10.2. The number of aryl methyl sites for hydroxylation is 1. The number of likely N-dealkylation sites (tertiary alicyclic amines) is 1. The first kappa shape index (κ1) is 25.1. The molecule has 198 valence electrons. The molecule has 5 aromatic rings. The molecule has 0 spiro atoms. The highest BCUT2D eigenvalue weighted by Crippen LogP contribution is 2.36. The zero-order valence-corrected chi connectivity index (χ0v) is 22.6. The van der Waals surface area contributed by atoms with E-state index in [2.05, 4.69) is 25.4 Å². The predicted octanol–water partition coefficient (Wildman–Crippen LogP) is 5.29. The van der Waals surface area contributed by atoms with Gasteiger partial charge in [-0.1, -0.05) is 30.3 Å². The summed E-state index contributed by atoms with van der Waals surface area (Å²) in [7, 11) is 0. The summed E-state index contributed by atoms with van der Waals surface area (Å²) in [5.41, 5.74) is 10.5. The molecule has 1 amide bonds. The van der Waals surface area contributed by atoms with Crippen LogP contribution in [0.2, 0.25) is 0 Å². The van der Waals surface area contributed by atoms with E-state index in [1.807, 2.05) is 78.7 Å². The molecule has 1 saturated heterocycles. The summed E-state index contributed by atoms with van der Waals surface area (Å²) in [6.07, 6.45) is 4.12. The Hall–Kier alpha value is -4.15. The monoisotopic (exact) mass is 539 g/mol. The van der Waals surface area contributed by atoms with Gasteiger partial charge in [0, 0.05) is 40.5 Å². The Bertz CT molecular complexity index is 1590. The van der Waals surface area contributed by atoms with E-state index in [0.717, 1.165) is 34.7 Å². The molecule has 0 unspecified atom stereocenters. The number of carbonyl (C=O) groups is 1. The molecular weight excluding hydrogens is 510 g/mol. The summed E-state index contributed by atoms with van der Waals surface area (Å²) in [5, 5.41) is 18.8. The molecule has 0 bridgehead atoms. The predicted molar refractivity (Wildman–Crippen MR) is 149 cm³/mol.